The molecule has 1 atom stereocenters. The minimum Gasteiger partial charge on any atom is -0.301 e. The minimum atomic E-state index is -3.57. The molecule has 1 fully saturated rings. The molecule has 1 aromatic rings. The smallest absolute Gasteiger partial charge is 0.181 e. The third kappa shape index (κ3) is 4.35. The summed E-state index contributed by atoms with van der Waals surface area (Å²) in [6.45, 7) is 0.241. The summed E-state index contributed by atoms with van der Waals surface area (Å²) in [7, 11) is -4.83. The first-order valence-corrected chi connectivity index (χ1v) is 10.9. The van der Waals surface area contributed by atoms with Crippen molar-refractivity contribution in [1.82, 2.24) is 4.90 Å². The molecule has 0 saturated carbocycles. The molecule has 1 aromatic carbocycles. The van der Waals surface area contributed by atoms with Gasteiger partial charge in [-0.3, -0.25) is 0 Å². The Balaban J connectivity index is 2.05. The van der Waals surface area contributed by atoms with E-state index in [2.05, 4.69) is 0 Å². The fraction of sp³-hybridized carbons (Fsp3) is 0.538. The lowest BCUT2D eigenvalue weighted by Crippen LogP contribution is -2.36. The van der Waals surface area contributed by atoms with Gasteiger partial charge in [0.1, 0.15) is 0 Å². The molecular formula is C13H17Cl2NO4S2. The topological polar surface area (TPSA) is 71.5 Å². The lowest BCUT2D eigenvalue weighted by Gasteiger charge is -2.22. The van der Waals surface area contributed by atoms with Gasteiger partial charge >= 0.3 is 0 Å². The second-order valence-corrected chi connectivity index (χ2v) is 10.6. The first-order valence-electron chi connectivity index (χ1n) is 6.69. The van der Waals surface area contributed by atoms with Gasteiger partial charge in [-0.1, -0.05) is 23.2 Å². The van der Waals surface area contributed by atoms with Crippen molar-refractivity contribution in [3.05, 3.63) is 28.2 Å². The molecular weight excluding hydrogens is 369 g/mol. The Morgan fingerprint density at radius 3 is 2.59 bits per heavy atom. The Labute approximate surface area is 141 Å². The lowest BCUT2D eigenvalue weighted by atomic mass is 10.2. The molecule has 1 aliphatic rings. The summed E-state index contributed by atoms with van der Waals surface area (Å²) < 4.78 is 47.7. The van der Waals surface area contributed by atoms with Crippen molar-refractivity contribution in [2.24, 2.45) is 0 Å². The van der Waals surface area contributed by atoms with E-state index in [0.717, 1.165) is 0 Å². The van der Waals surface area contributed by atoms with Crippen LogP contribution in [0, 0.1) is 0 Å². The van der Waals surface area contributed by atoms with Gasteiger partial charge in [0.25, 0.3) is 0 Å². The number of sulfone groups is 2. The fourth-order valence-electron chi connectivity index (χ4n) is 2.40. The van der Waals surface area contributed by atoms with Crippen LogP contribution >= 0.6 is 23.2 Å². The van der Waals surface area contributed by atoms with Crippen LogP contribution in [0.25, 0.3) is 0 Å². The fourth-order valence-corrected chi connectivity index (χ4v) is 6.33. The third-order valence-corrected chi connectivity index (χ3v) is 7.93. The van der Waals surface area contributed by atoms with Crippen LogP contribution in [0.3, 0.4) is 0 Å². The van der Waals surface area contributed by atoms with Gasteiger partial charge < -0.3 is 4.90 Å². The molecule has 1 aliphatic heterocycles. The molecule has 0 aliphatic carbocycles. The molecule has 124 valence electrons. The first kappa shape index (κ1) is 18.0. The van der Waals surface area contributed by atoms with Crippen molar-refractivity contribution >= 4 is 42.9 Å². The van der Waals surface area contributed by atoms with E-state index in [0.29, 0.717) is 11.4 Å². The van der Waals surface area contributed by atoms with Crippen LogP contribution in [-0.2, 0) is 19.7 Å². The number of halogens is 2. The molecule has 22 heavy (non-hydrogen) atoms. The monoisotopic (exact) mass is 385 g/mol. The molecule has 0 aromatic heterocycles. The van der Waals surface area contributed by atoms with Crippen molar-refractivity contribution in [2.75, 3.05) is 30.9 Å². The van der Waals surface area contributed by atoms with Gasteiger partial charge in [-0.05, 0) is 31.7 Å². The Hall–Kier alpha value is -0.340. The number of hydrogen-bond acceptors (Lipinski definition) is 5. The maximum Gasteiger partial charge on any atom is 0.181 e. The number of benzene rings is 1. The van der Waals surface area contributed by atoms with Crippen LogP contribution < -0.4 is 0 Å². The zero-order chi connectivity index (χ0) is 16.5. The maximum absolute atomic E-state index is 12.4. The van der Waals surface area contributed by atoms with Crippen LogP contribution in [0.15, 0.2) is 23.1 Å². The van der Waals surface area contributed by atoms with Gasteiger partial charge in [0.05, 0.1) is 27.2 Å². The first-order chi connectivity index (χ1) is 10.1. The van der Waals surface area contributed by atoms with Crippen molar-refractivity contribution < 1.29 is 16.8 Å². The van der Waals surface area contributed by atoms with Crippen molar-refractivity contribution in [3.63, 3.8) is 0 Å². The molecule has 0 radical (unpaired) electrons. The highest BCUT2D eigenvalue weighted by Crippen LogP contribution is 2.26. The Bertz CT molecular complexity index is 762. The summed E-state index contributed by atoms with van der Waals surface area (Å²) in [5.74, 6) is 0.108. The van der Waals surface area contributed by atoms with Gasteiger partial charge in [0.2, 0.25) is 0 Å². The molecule has 0 spiro atoms. The molecule has 0 N–H and O–H groups in total. The van der Waals surface area contributed by atoms with Gasteiger partial charge in [-0.25, -0.2) is 16.8 Å². The molecule has 0 amide bonds. The molecule has 2 rings (SSSR count). The van der Waals surface area contributed by atoms with E-state index in [-0.39, 0.29) is 39.8 Å². The summed E-state index contributed by atoms with van der Waals surface area (Å²) in [5, 5.41) is 0.439. The van der Waals surface area contributed by atoms with Crippen LogP contribution in [-0.4, -0.2) is 58.6 Å². The van der Waals surface area contributed by atoms with Gasteiger partial charge in [-0.2, -0.15) is 0 Å². The molecule has 9 heteroatoms. The van der Waals surface area contributed by atoms with Crippen LogP contribution in [0.5, 0.6) is 0 Å². The Morgan fingerprint density at radius 1 is 1.32 bits per heavy atom. The van der Waals surface area contributed by atoms with E-state index >= 15 is 0 Å². The molecule has 1 heterocycles. The van der Waals surface area contributed by atoms with Crippen molar-refractivity contribution in [3.8, 4) is 0 Å². The molecule has 1 unspecified atom stereocenters. The summed E-state index contributed by atoms with van der Waals surface area (Å²) in [4.78, 5) is 1.79. The number of hydrogen-bond donors (Lipinski definition) is 0. The largest absolute Gasteiger partial charge is 0.301 e. The van der Waals surface area contributed by atoms with Crippen molar-refractivity contribution in [1.29, 1.82) is 0 Å². The number of nitrogens with zero attached hydrogens (tertiary/aromatic N) is 1. The molecule has 0 bridgehead atoms. The zero-order valence-electron chi connectivity index (χ0n) is 12.0. The van der Waals surface area contributed by atoms with E-state index < -0.39 is 19.7 Å². The highest BCUT2D eigenvalue weighted by molar-refractivity contribution is 7.91. The summed E-state index contributed by atoms with van der Waals surface area (Å²) in [5.41, 5.74) is 0. The average Bonchev–Trinajstić information content (AvgIpc) is 2.79. The average molecular weight is 386 g/mol. The predicted molar refractivity (Wildman–Crippen MR) is 88.2 cm³/mol. The molecule has 1 saturated heterocycles. The van der Waals surface area contributed by atoms with Gasteiger partial charge in [0.15, 0.2) is 19.7 Å². The third-order valence-electron chi connectivity index (χ3n) is 3.77. The summed E-state index contributed by atoms with van der Waals surface area (Å²) in [6, 6.07) is 4.18. The predicted octanol–water partition coefficient (Wildman–Crippen LogP) is 1.89. The highest BCUT2D eigenvalue weighted by Gasteiger charge is 2.31. The summed E-state index contributed by atoms with van der Waals surface area (Å²) in [6.07, 6.45) is 0.538. The van der Waals surface area contributed by atoms with Gasteiger partial charge in [-0.15, -0.1) is 0 Å². The SMILES string of the molecule is CN(CCS(=O)(=O)c1cc(Cl)ccc1Cl)C1CCS(=O)(=O)C1. The van der Waals surface area contributed by atoms with Crippen molar-refractivity contribution in [2.45, 2.75) is 17.4 Å². The highest BCUT2D eigenvalue weighted by atomic mass is 35.5. The van der Waals surface area contributed by atoms with Gasteiger partial charge in [0, 0.05) is 17.6 Å². The van der Waals surface area contributed by atoms with E-state index in [9.17, 15) is 16.8 Å². The quantitative estimate of drug-likeness (QED) is 0.773. The Morgan fingerprint density at radius 2 is 2.00 bits per heavy atom. The molecule has 5 nitrogen and oxygen atoms in total. The maximum atomic E-state index is 12.4. The number of rotatable bonds is 5. The Kier molecular flexibility index (Phi) is 5.44. The second kappa shape index (κ2) is 6.65. The van der Waals surface area contributed by atoms with E-state index in [1.165, 1.54) is 18.2 Å². The van der Waals surface area contributed by atoms with Crippen LogP contribution in [0.4, 0.5) is 0 Å². The minimum absolute atomic E-state index is 0.00844. The standard InChI is InChI=1S/C13H17Cl2NO4S2/c1-16(11-4-6-21(17,18)9-11)5-7-22(19,20)13-8-10(14)2-3-12(13)15/h2-3,8,11H,4-7,9H2,1H3. The zero-order valence-corrected chi connectivity index (χ0v) is 15.1. The normalized spacial score (nSPS) is 21.4. The lowest BCUT2D eigenvalue weighted by molar-refractivity contribution is 0.276. The summed E-state index contributed by atoms with van der Waals surface area (Å²) >= 11 is 11.8. The second-order valence-electron chi connectivity index (χ2n) is 5.43. The van der Waals surface area contributed by atoms with Crippen LogP contribution in [0.2, 0.25) is 10.0 Å². The van der Waals surface area contributed by atoms with E-state index in [1.54, 1.807) is 11.9 Å². The van der Waals surface area contributed by atoms with E-state index in [1.807, 2.05) is 0 Å². The van der Waals surface area contributed by atoms with E-state index in [4.69, 9.17) is 23.2 Å². The van der Waals surface area contributed by atoms with Crippen LogP contribution in [0.1, 0.15) is 6.42 Å².